The predicted octanol–water partition coefficient (Wildman–Crippen LogP) is 3.63. The van der Waals surface area contributed by atoms with Gasteiger partial charge in [0.1, 0.15) is 5.75 Å². The highest BCUT2D eigenvalue weighted by Gasteiger charge is 2.04. The number of aryl methyl sites for hydroxylation is 1. The molecule has 0 saturated carbocycles. The van der Waals surface area contributed by atoms with Crippen LogP contribution in [-0.4, -0.2) is 12.5 Å². The molecule has 1 amide bonds. The zero-order chi connectivity index (χ0) is 15.8. The number of ether oxygens (including phenoxy) is 1. The van der Waals surface area contributed by atoms with Gasteiger partial charge in [-0.2, -0.15) is 0 Å². The van der Waals surface area contributed by atoms with E-state index in [2.05, 4.69) is 12.2 Å². The van der Waals surface area contributed by atoms with Gasteiger partial charge in [-0.1, -0.05) is 25.1 Å². The molecule has 116 valence electrons. The molecule has 0 aliphatic heterocycles. The van der Waals surface area contributed by atoms with E-state index in [1.165, 1.54) is 0 Å². The van der Waals surface area contributed by atoms with E-state index in [0.717, 1.165) is 29.1 Å². The Hall–Kier alpha value is -2.49. The molecule has 0 saturated heterocycles. The fourth-order valence-electron chi connectivity index (χ4n) is 2.11. The predicted molar refractivity (Wildman–Crippen MR) is 90.0 cm³/mol. The smallest absolute Gasteiger partial charge is 0.224 e. The second-order valence-electron chi connectivity index (χ2n) is 5.17. The maximum atomic E-state index is 12.0. The Bertz CT molecular complexity index is 626. The van der Waals surface area contributed by atoms with E-state index in [9.17, 15) is 4.79 Å². The van der Waals surface area contributed by atoms with Crippen LogP contribution in [-0.2, 0) is 11.2 Å². The molecule has 2 aromatic carbocycles. The number of carbonyl (C=O) groups is 1. The summed E-state index contributed by atoms with van der Waals surface area (Å²) in [5, 5.41) is 2.89. The highest BCUT2D eigenvalue weighted by atomic mass is 16.5. The van der Waals surface area contributed by atoms with Gasteiger partial charge >= 0.3 is 0 Å². The molecular weight excluding hydrogens is 276 g/mol. The number of carbonyl (C=O) groups excluding carboxylic acids is 1. The highest BCUT2D eigenvalue weighted by molar-refractivity contribution is 5.91. The van der Waals surface area contributed by atoms with Crippen LogP contribution in [0.1, 0.15) is 25.3 Å². The summed E-state index contributed by atoms with van der Waals surface area (Å²) in [7, 11) is 0. The number of benzene rings is 2. The van der Waals surface area contributed by atoms with E-state index >= 15 is 0 Å². The lowest BCUT2D eigenvalue weighted by atomic mass is 10.1. The van der Waals surface area contributed by atoms with Crippen LogP contribution in [0.2, 0.25) is 0 Å². The Morgan fingerprint density at radius 1 is 1.18 bits per heavy atom. The fourth-order valence-corrected chi connectivity index (χ4v) is 2.11. The summed E-state index contributed by atoms with van der Waals surface area (Å²) in [5.74, 6) is 0.755. The van der Waals surface area contributed by atoms with Crippen molar-refractivity contribution in [1.82, 2.24) is 0 Å². The monoisotopic (exact) mass is 298 g/mol. The molecule has 2 rings (SSSR count). The molecule has 2 aromatic rings. The van der Waals surface area contributed by atoms with E-state index < -0.39 is 0 Å². The molecule has 0 aromatic heterocycles. The fraction of sp³-hybridized carbons (Fsp3) is 0.278. The standard InChI is InChI=1S/C18H22N2O2/c1-2-11-22-17-8-4-7-16(13-17)20-18(21)10-9-14-5-3-6-15(19)12-14/h3-8,12-13H,2,9-11,19H2,1H3,(H,20,21). The molecular formula is C18H22N2O2. The van der Waals surface area contributed by atoms with Gasteiger partial charge in [0.2, 0.25) is 5.91 Å². The first-order valence-electron chi connectivity index (χ1n) is 7.54. The van der Waals surface area contributed by atoms with Crippen LogP contribution in [0.25, 0.3) is 0 Å². The molecule has 0 heterocycles. The molecule has 4 heteroatoms. The topological polar surface area (TPSA) is 64.3 Å². The number of hydrogen-bond acceptors (Lipinski definition) is 3. The van der Waals surface area contributed by atoms with E-state index in [1.54, 1.807) is 0 Å². The maximum absolute atomic E-state index is 12.0. The number of nitrogen functional groups attached to an aromatic ring is 1. The number of nitrogens with two attached hydrogens (primary N) is 1. The van der Waals surface area contributed by atoms with Gasteiger partial charge in [0.15, 0.2) is 0 Å². The number of anilines is 2. The third-order valence-corrected chi connectivity index (χ3v) is 3.18. The Labute approximate surface area is 131 Å². The minimum absolute atomic E-state index is 0.0185. The van der Waals surface area contributed by atoms with Crippen molar-refractivity contribution in [3.05, 3.63) is 54.1 Å². The van der Waals surface area contributed by atoms with Gasteiger partial charge in [-0.3, -0.25) is 4.79 Å². The van der Waals surface area contributed by atoms with Crippen LogP contribution in [0, 0.1) is 0 Å². The van der Waals surface area contributed by atoms with Crippen LogP contribution in [0.5, 0.6) is 5.75 Å². The van der Waals surface area contributed by atoms with Crippen molar-refractivity contribution in [2.75, 3.05) is 17.7 Å². The number of hydrogen-bond donors (Lipinski definition) is 2. The molecule has 0 radical (unpaired) electrons. The van der Waals surface area contributed by atoms with E-state index in [-0.39, 0.29) is 5.91 Å². The van der Waals surface area contributed by atoms with Gasteiger partial charge in [-0.05, 0) is 42.7 Å². The Kier molecular flexibility index (Phi) is 5.83. The molecule has 22 heavy (non-hydrogen) atoms. The van der Waals surface area contributed by atoms with Crippen molar-refractivity contribution < 1.29 is 9.53 Å². The lowest BCUT2D eigenvalue weighted by Crippen LogP contribution is -2.12. The first kappa shape index (κ1) is 15.9. The van der Waals surface area contributed by atoms with Crippen LogP contribution >= 0.6 is 0 Å². The SMILES string of the molecule is CCCOc1cccc(NC(=O)CCc2cccc(N)c2)c1. The molecule has 0 atom stereocenters. The van der Waals surface area contributed by atoms with Gasteiger partial charge in [0, 0.05) is 23.9 Å². The minimum Gasteiger partial charge on any atom is -0.494 e. The molecule has 4 nitrogen and oxygen atoms in total. The molecule has 0 aliphatic rings. The third-order valence-electron chi connectivity index (χ3n) is 3.18. The number of rotatable bonds is 7. The van der Waals surface area contributed by atoms with Crippen LogP contribution in [0.4, 0.5) is 11.4 Å². The summed E-state index contributed by atoms with van der Waals surface area (Å²) >= 11 is 0. The zero-order valence-electron chi connectivity index (χ0n) is 12.8. The lowest BCUT2D eigenvalue weighted by Gasteiger charge is -2.09. The van der Waals surface area contributed by atoms with Crippen molar-refractivity contribution >= 4 is 17.3 Å². The quantitative estimate of drug-likeness (QED) is 0.767. The van der Waals surface area contributed by atoms with Gasteiger partial charge in [-0.25, -0.2) is 0 Å². The first-order valence-corrected chi connectivity index (χ1v) is 7.54. The van der Waals surface area contributed by atoms with Crippen molar-refractivity contribution in [3.63, 3.8) is 0 Å². The normalized spacial score (nSPS) is 10.2. The zero-order valence-corrected chi connectivity index (χ0v) is 12.8. The Balaban J connectivity index is 1.86. The summed E-state index contributed by atoms with van der Waals surface area (Å²) in [6.45, 7) is 2.73. The third kappa shape index (κ3) is 5.13. The summed E-state index contributed by atoms with van der Waals surface area (Å²) < 4.78 is 5.55. The molecule has 0 bridgehead atoms. The van der Waals surface area contributed by atoms with Crippen molar-refractivity contribution in [2.45, 2.75) is 26.2 Å². The highest BCUT2D eigenvalue weighted by Crippen LogP contribution is 2.18. The van der Waals surface area contributed by atoms with Gasteiger partial charge in [0.05, 0.1) is 6.61 Å². The largest absolute Gasteiger partial charge is 0.494 e. The van der Waals surface area contributed by atoms with E-state index in [4.69, 9.17) is 10.5 Å². The van der Waals surface area contributed by atoms with Crippen molar-refractivity contribution in [2.24, 2.45) is 0 Å². The number of nitrogens with one attached hydrogen (secondary N) is 1. The molecule has 0 aliphatic carbocycles. The second kappa shape index (κ2) is 8.08. The molecule has 0 spiro atoms. The van der Waals surface area contributed by atoms with E-state index in [0.29, 0.717) is 19.4 Å². The summed E-state index contributed by atoms with van der Waals surface area (Å²) in [5.41, 5.74) is 8.27. The Morgan fingerprint density at radius 3 is 2.77 bits per heavy atom. The van der Waals surface area contributed by atoms with E-state index in [1.807, 2.05) is 48.5 Å². The minimum atomic E-state index is -0.0185. The maximum Gasteiger partial charge on any atom is 0.224 e. The molecule has 0 unspecified atom stereocenters. The van der Waals surface area contributed by atoms with Crippen molar-refractivity contribution in [3.8, 4) is 5.75 Å². The molecule has 3 N–H and O–H groups in total. The van der Waals surface area contributed by atoms with Gasteiger partial charge in [-0.15, -0.1) is 0 Å². The summed E-state index contributed by atoms with van der Waals surface area (Å²) in [4.78, 5) is 12.0. The van der Waals surface area contributed by atoms with Crippen LogP contribution in [0.15, 0.2) is 48.5 Å². The van der Waals surface area contributed by atoms with Crippen LogP contribution < -0.4 is 15.8 Å². The lowest BCUT2D eigenvalue weighted by molar-refractivity contribution is -0.116. The first-order chi connectivity index (χ1) is 10.7. The van der Waals surface area contributed by atoms with Crippen LogP contribution in [0.3, 0.4) is 0 Å². The molecule has 0 fully saturated rings. The average molecular weight is 298 g/mol. The van der Waals surface area contributed by atoms with Crippen molar-refractivity contribution in [1.29, 1.82) is 0 Å². The van der Waals surface area contributed by atoms with Gasteiger partial charge < -0.3 is 15.8 Å². The second-order valence-corrected chi connectivity index (χ2v) is 5.17. The van der Waals surface area contributed by atoms with Gasteiger partial charge in [0.25, 0.3) is 0 Å². The Morgan fingerprint density at radius 2 is 2.00 bits per heavy atom. The number of amides is 1. The summed E-state index contributed by atoms with van der Waals surface area (Å²) in [6, 6.07) is 15.1. The average Bonchev–Trinajstić information content (AvgIpc) is 2.51. The summed E-state index contributed by atoms with van der Waals surface area (Å²) in [6.07, 6.45) is 2.04.